The van der Waals surface area contributed by atoms with Gasteiger partial charge in [0.05, 0.1) is 34.5 Å². The summed E-state index contributed by atoms with van der Waals surface area (Å²) in [5.74, 6) is 2.60. The number of carbonyl (C=O) groups excluding carboxylic acids is 1. The van der Waals surface area contributed by atoms with Crippen molar-refractivity contribution in [1.29, 1.82) is 0 Å². The van der Waals surface area contributed by atoms with E-state index in [0.29, 0.717) is 46.5 Å². The largest absolute Gasteiger partial charge is 0.493 e. The zero-order chi connectivity index (χ0) is 24.2. The summed E-state index contributed by atoms with van der Waals surface area (Å²) in [5, 5.41) is 0.597. The van der Waals surface area contributed by atoms with Crippen LogP contribution in [0.15, 0.2) is 54.6 Å². The zero-order valence-corrected chi connectivity index (χ0v) is 20.5. The van der Waals surface area contributed by atoms with Crippen molar-refractivity contribution in [3.63, 3.8) is 0 Å². The molecule has 0 fully saturated rings. The quantitative estimate of drug-likeness (QED) is 0.455. The molecule has 4 rings (SSSR count). The first kappa shape index (κ1) is 23.8. The molecule has 1 amide bonds. The van der Waals surface area contributed by atoms with Gasteiger partial charge in [-0.05, 0) is 78.1 Å². The van der Waals surface area contributed by atoms with Gasteiger partial charge in [0.1, 0.15) is 0 Å². The molecule has 178 valence electrons. The van der Waals surface area contributed by atoms with E-state index in [1.165, 1.54) is 0 Å². The van der Waals surface area contributed by atoms with Crippen LogP contribution >= 0.6 is 11.6 Å². The van der Waals surface area contributed by atoms with Crippen LogP contribution in [0.2, 0.25) is 5.02 Å². The molecule has 0 saturated heterocycles. The van der Waals surface area contributed by atoms with Crippen LogP contribution in [0.5, 0.6) is 23.0 Å². The molecule has 34 heavy (non-hydrogen) atoms. The Bertz CT molecular complexity index is 1180. The number of fused-ring (bicyclic) bond motifs is 1. The number of hydrogen-bond donors (Lipinski definition) is 0. The SMILES string of the molecule is COc1ccc(C[C@@H]2c3cc(OC)c(OC)cc3CCN2C(=O)c2ccc(Cl)cc2)cc1OC. The average molecular weight is 482 g/mol. The van der Waals surface area contributed by atoms with Gasteiger partial charge in [-0.25, -0.2) is 0 Å². The van der Waals surface area contributed by atoms with Gasteiger partial charge in [0.15, 0.2) is 23.0 Å². The molecule has 6 nitrogen and oxygen atoms in total. The third-order valence-corrected chi connectivity index (χ3v) is 6.48. The lowest BCUT2D eigenvalue weighted by Gasteiger charge is -2.38. The predicted molar refractivity (Wildman–Crippen MR) is 132 cm³/mol. The second kappa shape index (κ2) is 10.3. The lowest BCUT2D eigenvalue weighted by molar-refractivity contribution is 0.0659. The van der Waals surface area contributed by atoms with Crippen LogP contribution in [0.3, 0.4) is 0 Å². The van der Waals surface area contributed by atoms with Crippen LogP contribution < -0.4 is 18.9 Å². The molecule has 0 aliphatic carbocycles. The molecule has 0 unspecified atom stereocenters. The summed E-state index contributed by atoms with van der Waals surface area (Å²) in [5.41, 5.74) is 3.81. The van der Waals surface area contributed by atoms with E-state index >= 15 is 0 Å². The summed E-state index contributed by atoms with van der Waals surface area (Å²) in [4.78, 5) is 15.5. The van der Waals surface area contributed by atoms with Crippen LogP contribution in [0.1, 0.15) is 33.1 Å². The molecule has 1 aliphatic heterocycles. The van der Waals surface area contributed by atoms with Crippen molar-refractivity contribution >= 4 is 17.5 Å². The summed E-state index contributed by atoms with van der Waals surface area (Å²) in [6.07, 6.45) is 1.32. The van der Waals surface area contributed by atoms with E-state index in [-0.39, 0.29) is 11.9 Å². The summed E-state index contributed by atoms with van der Waals surface area (Å²) in [6, 6.07) is 16.7. The van der Waals surface area contributed by atoms with Crippen LogP contribution in [0.25, 0.3) is 0 Å². The molecule has 0 bridgehead atoms. The van der Waals surface area contributed by atoms with Gasteiger partial charge in [0, 0.05) is 17.1 Å². The number of benzene rings is 3. The molecule has 0 saturated carbocycles. The molecule has 0 N–H and O–H groups in total. The van der Waals surface area contributed by atoms with E-state index in [4.69, 9.17) is 30.5 Å². The fourth-order valence-corrected chi connectivity index (χ4v) is 4.61. The van der Waals surface area contributed by atoms with Crippen molar-refractivity contribution in [1.82, 2.24) is 4.90 Å². The lowest BCUT2D eigenvalue weighted by atomic mass is 9.87. The second-order valence-corrected chi connectivity index (χ2v) is 8.51. The normalized spacial score (nSPS) is 14.9. The van der Waals surface area contributed by atoms with Gasteiger partial charge >= 0.3 is 0 Å². The molecule has 0 radical (unpaired) electrons. The zero-order valence-electron chi connectivity index (χ0n) is 19.8. The fourth-order valence-electron chi connectivity index (χ4n) is 4.48. The summed E-state index contributed by atoms with van der Waals surface area (Å²) in [6.45, 7) is 0.585. The molecule has 3 aromatic carbocycles. The van der Waals surface area contributed by atoms with Crippen molar-refractivity contribution in [3.05, 3.63) is 81.9 Å². The number of halogens is 1. The smallest absolute Gasteiger partial charge is 0.254 e. The van der Waals surface area contributed by atoms with Crippen LogP contribution in [-0.2, 0) is 12.8 Å². The van der Waals surface area contributed by atoms with Gasteiger partial charge in [-0.2, -0.15) is 0 Å². The maximum atomic E-state index is 13.6. The minimum Gasteiger partial charge on any atom is -0.493 e. The summed E-state index contributed by atoms with van der Waals surface area (Å²) in [7, 11) is 6.48. The van der Waals surface area contributed by atoms with Crippen molar-refractivity contribution in [2.24, 2.45) is 0 Å². The number of methoxy groups -OCH3 is 4. The highest BCUT2D eigenvalue weighted by Crippen LogP contribution is 2.41. The predicted octanol–water partition coefficient (Wildman–Crippen LogP) is 5.36. The van der Waals surface area contributed by atoms with Gasteiger partial charge < -0.3 is 23.8 Å². The number of amides is 1. The third-order valence-electron chi connectivity index (χ3n) is 6.23. The molecule has 1 aliphatic rings. The maximum absolute atomic E-state index is 13.6. The Morgan fingerprint density at radius 2 is 1.47 bits per heavy atom. The number of nitrogens with zero attached hydrogens (tertiary/aromatic N) is 1. The average Bonchev–Trinajstić information content (AvgIpc) is 2.87. The van der Waals surface area contributed by atoms with E-state index in [1.807, 2.05) is 35.2 Å². The minimum atomic E-state index is -0.204. The van der Waals surface area contributed by atoms with E-state index in [9.17, 15) is 4.79 Å². The Morgan fingerprint density at radius 1 is 0.853 bits per heavy atom. The van der Waals surface area contributed by atoms with Gasteiger partial charge in [-0.3, -0.25) is 4.79 Å². The van der Waals surface area contributed by atoms with Crippen LogP contribution in [0.4, 0.5) is 0 Å². The van der Waals surface area contributed by atoms with Crippen molar-refractivity contribution < 1.29 is 23.7 Å². The highest BCUT2D eigenvalue weighted by Gasteiger charge is 2.33. The Balaban J connectivity index is 1.78. The third kappa shape index (κ3) is 4.64. The summed E-state index contributed by atoms with van der Waals surface area (Å²) < 4.78 is 22.0. The van der Waals surface area contributed by atoms with Gasteiger partial charge in [-0.1, -0.05) is 17.7 Å². The summed E-state index contributed by atoms with van der Waals surface area (Å²) >= 11 is 6.05. The van der Waals surface area contributed by atoms with Crippen molar-refractivity contribution in [2.45, 2.75) is 18.9 Å². The molecular weight excluding hydrogens is 454 g/mol. The first-order valence-corrected chi connectivity index (χ1v) is 11.4. The van der Waals surface area contributed by atoms with E-state index in [2.05, 4.69) is 0 Å². The number of rotatable bonds is 7. The molecule has 3 aromatic rings. The highest BCUT2D eigenvalue weighted by atomic mass is 35.5. The van der Waals surface area contributed by atoms with Gasteiger partial charge in [0.2, 0.25) is 0 Å². The maximum Gasteiger partial charge on any atom is 0.254 e. The Hall–Kier alpha value is -3.38. The highest BCUT2D eigenvalue weighted by molar-refractivity contribution is 6.30. The lowest BCUT2D eigenvalue weighted by Crippen LogP contribution is -2.41. The van der Waals surface area contributed by atoms with Gasteiger partial charge in [-0.15, -0.1) is 0 Å². The van der Waals surface area contributed by atoms with Gasteiger partial charge in [0.25, 0.3) is 5.91 Å². The number of carbonyl (C=O) groups is 1. The van der Waals surface area contributed by atoms with Crippen molar-refractivity contribution in [3.8, 4) is 23.0 Å². The molecule has 1 atom stereocenters. The number of ether oxygens (including phenoxy) is 4. The van der Waals surface area contributed by atoms with Crippen LogP contribution in [-0.4, -0.2) is 45.8 Å². The fraction of sp³-hybridized carbons (Fsp3) is 0.296. The van der Waals surface area contributed by atoms with E-state index in [1.54, 1.807) is 52.7 Å². The Kier molecular flexibility index (Phi) is 7.17. The second-order valence-electron chi connectivity index (χ2n) is 8.07. The van der Waals surface area contributed by atoms with E-state index in [0.717, 1.165) is 23.1 Å². The van der Waals surface area contributed by atoms with E-state index < -0.39 is 0 Å². The standard InChI is InChI=1S/C27H28ClNO5/c1-31-23-10-5-17(14-24(23)32-2)13-22-21-16-26(34-4)25(33-3)15-19(21)11-12-29(22)27(30)18-6-8-20(28)9-7-18/h5-10,14-16,22H,11-13H2,1-4H3/t22-/m1/s1. The molecule has 1 heterocycles. The number of hydrogen-bond acceptors (Lipinski definition) is 5. The Morgan fingerprint density at radius 3 is 2.12 bits per heavy atom. The first-order chi connectivity index (χ1) is 16.5. The monoisotopic (exact) mass is 481 g/mol. The molecule has 0 aromatic heterocycles. The Labute approximate surface area is 205 Å². The molecule has 0 spiro atoms. The topological polar surface area (TPSA) is 57.2 Å². The molecule has 7 heteroatoms. The van der Waals surface area contributed by atoms with Crippen LogP contribution in [0, 0.1) is 0 Å². The first-order valence-electron chi connectivity index (χ1n) is 11.0. The minimum absolute atomic E-state index is 0.0393. The van der Waals surface area contributed by atoms with Crippen molar-refractivity contribution in [2.75, 3.05) is 35.0 Å². The molecular formula is C27H28ClNO5.